The third-order valence-corrected chi connectivity index (χ3v) is 3.18. The Morgan fingerprint density at radius 2 is 1.85 bits per heavy atom. The maximum atomic E-state index is 12.9. The van der Waals surface area contributed by atoms with Gasteiger partial charge in [0, 0.05) is 18.0 Å². The van der Waals surface area contributed by atoms with Crippen LogP contribution in [-0.2, 0) is 11.6 Å². The Hall–Kier alpha value is -1.37. The number of nitrogens with zero attached hydrogens (tertiary/aromatic N) is 2. The molecule has 0 bridgehead atoms. The monoisotopic (exact) mass is 288 g/mol. The summed E-state index contributed by atoms with van der Waals surface area (Å²) in [6.07, 6.45) is -3.61. The van der Waals surface area contributed by atoms with Gasteiger partial charge in [-0.1, -0.05) is 20.8 Å². The van der Waals surface area contributed by atoms with Crippen LogP contribution in [0.2, 0.25) is 0 Å². The van der Waals surface area contributed by atoms with Gasteiger partial charge in [0.2, 0.25) is 5.95 Å². The molecule has 1 atom stereocenters. The van der Waals surface area contributed by atoms with Gasteiger partial charge in [0.25, 0.3) is 0 Å². The Labute approximate surface area is 116 Å². The third kappa shape index (κ3) is 3.59. The van der Waals surface area contributed by atoms with Gasteiger partial charge in [-0.05, 0) is 19.0 Å². The average molecular weight is 288 g/mol. The molecule has 112 valence electrons. The Balaban J connectivity index is 2.34. The summed E-state index contributed by atoms with van der Waals surface area (Å²) in [6, 6.07) is 1.10. The molecule has 1 aromatic heterocycles. The molecule has 0 saturated carbocycles. The Kier molecular flexibility index (Phi) is 3.90. The van der Waals surface area contributed by atoms with E-state index >= 15 is 0 Å². The molecular weight excluding hydrogens is 269 g/mol. The van der Waals surface area contributed by atoms with Crippen molar-refractivity contribution in [3.8, 4) is 0 Å². The van der Waals surface area contributed by atoms with E-state index in [4.69, 9.17) is 0 Å². The van der Waals surface area contributed by atoms with E-state index in [1.807, 2.05) is 20.8 Å². The summed E-state index contributed by atoms with van der Waals surface area (Å²) in [6.45, 7) is 7.05. The average Bonchev–Trinajstić information content (AvgIpc) is 2.79. The lowest BCUT2D eigenvalue weighted by Crippen LogP contribution is -2.26. The van der Waals surface area contributed by atoms with Crippen molar-refractivity contribution in [3.63, 3.8) is 0 Å². The molecule has 7 heteroatoms. The fraction of sp³-hybridized carbons (Fsp3) is 0.692. The van der Waals surface area contributed by atoms with Crippen molar-refractivity contribution in [2.24, 2.45) is 0 Å². The van der Waals surface area contributed by atoms with Crippen molar-refractivity contribution in [1.82, 2.24) is 15.3 Å². The van der Waals surface area contributed by atoms with Crippen LogP contribution in [-0.4, -0.2) is 29.1 Å². The molecule has 1 saturated heterocycles. The lowest BCUT2D eigenvalue weighted by atomic mass is 9.91. The van der Waals surface area contributed by atoms with Crippen LogP contribution in [0.3, 0.4) is 0 Å². The Morgan fingerprint density at radius 1 is 1.20 bits per heavy atom. The van der Waals surface area contributed by atoms with Crippen molar-refractivity contribution in [3.05, 3.63) is 17.5 Å². The van der Waals surface area contributed by atoms with E-state index in [1.165, 1.54) is 0 Å². The zero-order valence-corrected chi connectivity index (χ0v) is 11.8. The van der Waals surface area contributed by atoms with Gasteiger partial charge in [-0.3, -0.25) is 0 Å². The minimum atomic E-state index is -4.46. The second kappa shape index (κ2) is 5.20. The van der Waals surface area contributed by atoms with E-state index in [1.54, 1.807) is 0 Å². The molecule has 0 spiro atoms. The quantitative estimate of drug-likeness (QED) is 0.878. The normalized spacial score (nSPS) is 20.2. The smallest absolute Gasteiger partial charge is 0.350 e. The first kappa shape index (κ1) is 15.0. The van der Waals surface area contributed by atoms with Crippen LogP contribution in [0.5, 0.6) is 0 Å². The fourth-order valence-corrected chi connectivity index (χ4v) is 2.00. The third-order valence-electron chi connectivity index (χ3n) is 3.18. The fourth-order valence-electron chi connectivity index (χ4n) is 2.00. The number of hydrogen-bond acceptors (Lipinski definition) is 4. The number of nitrogens with one attached hydrogen (secondary N) is 2. The SMILES string of the molecule is CC(C)(C)c1cc(C(F)(F)F)nc(NC2CCNC2)n1. The standard InChI is InChI=1S/C13H19F3N4/c1-12(2,3)9-6-10(13(14,15)16)20-11(19-9)18-8-4-5-17-7-8/h6,8,17H,4-5,7H2,1-3H3,(H,18,19,20). The Morgan fingerprint density at radius 3 is 2.35 bits per heavy atom. The molecule has 0 radical (unpaired) electrons. The molecule has 4 nitrogen and oxygen atoms in total. The largest absolute Gasteiger partial charge is 0.433 e. The zero-order valence-electron chi connectivity index (χ0n) is 11.8. The molecule has 0 amide bonds. The van der Waals surface area contributed by atoms with Crippen LogP contribution in [0.4, 0.5) is 19.1 Å². The van der Waals surface area contributed by atoms with Crippen LogP contribution < -0.4 is 10.6 Å². The van der Waals surface area contributed by atoms with E-state index in [0.29, 0.717) is 12.2 Å². The number of halogens is 3. The summed E-state index contributed by atoms with van der Waals surface area (Å²) in [7, 11) is 0. The summed E-state index contributed by atoms with van der Waals surface area (Å²) < 4.78 is 38.8. The second-order valence-electron chi connectivity index (χ2n) is 6.04. The van der Waals surface area contributed by atoms with E-state index < -0.39 is 17.3 Å². The minimum absolute atomic E-state index is 0.0541. The summed E-state index contributed by atoms with van der Waals surface area (Å²) in [5.41, 5.74) is -0.980. The summed E-state index contributed by atoms with van der Waals surface area (Å²) in [5, 5.41) is 6.12. The summed E-state index contributed by atoms with van der Waals surface area (Å²) in [4.78, 5) is 7.84. The molecule has 1 aliphatic heterocycles. The maximum absolute atomic E-state index is 12.9. The van der Waals surface area contributed by atoms with Crippen LogP contribution in [0.25, 0.3) is 0 Å². The first-order valence-corrected chi connectivity index (χ1v) is 6.60. The molecule has 2 N–H and O–H groups in total. The van der Waals surface area contributed by atoms with Crippen molar-refractivity contribution in [2.75, 3.05) is 18.4 Å². The number of rotatable bonds is 2. The first-order valence-electron chi connectivity index (χ1n) is 6.60. The zero-order chi connectivity index (χ0) is 15.0. The van der Waals surface area contributed by atoms with E-state index in [-0.39, 0.29) is 12.0 Å². The van der Waals surface area contributed by atoms with E-state index in [9.17, 15) is 13.2 Å². The molecule has 1 unspecified atom stereocenters. The molecule has 2 rings (SSSR count). The predicted octanol–water partition coefficient (Wildman–Crippen LogP) is 2.57. The molecule has 0 aromatic carbocycles. The lowest BCUT2D eigenvalue weighted by Gasteiger charge is -2.21. The number of hydrogen-bond donors (Lipinski definition) is 2. The van der Waals surface area contributed by atoms with Crippen LogP contribution in [0.15, 0.2) is 6.07 Å². The van der Waals surface area contributed by atoms with Crippen molar-refractivity contribution in [2.45, 2.75) is 44.8 Å². The van der Waals surface area contributed by atoms with Gasteiger partial charge in [0.15, 0.2) is 0 Å². The van der Waals surface area contributed by atoms with E-state index in [2.05, 4.69) is 20.6 Å². The topological polar surface area (TPSA) is 49.8 Å². The summed E-state index contributed by atoms with van der Waals surface area (Å²) >= 11 is 0. The maximum Gasteiger partial charge on any atom is 0.433 e. The molecule has 20 heavy (non-hydrogen) atoms. The van der Waals surface area contributed by atoms with Gasteiger partial charge in [0.1, 0.15) is 5.69 Å². The number of aromatic nitrogens is 2. The van der Waals surface area contributed by atoms with Gasteiger partial charge < -0.3 is 10.6 Å². The van der Waals surface area contributed by atoms with E-state index in [0.717, 1.165) is 19.0 Å². The molecule has 1 aliphatic rings. The lowest BCUT2D eigenvalue weighted by molar-refractivity contribution is -0.141. The van der Waals surface area contributed by atoms with Gasteiger partial charge in [-0.2, -0.15) is 13.2 Å². The van der Waals surface area contributed by atoms with Gasteiger partial charge in [-0.25, -0.2) is 9.97 Å². The molecule has 2 heterocycles. The summed E-state index contributed by atoms with van der Waals surface area (Å²) in [5.74, 6) is 0.0541. The number of anilines is 1. The highest BCUT2D eigenvalue weighted by Gasteiger charge is 2.35. The van der Waals surface area contributed by atoms with Crippen LogP contribution in [0, 0.1) is 0 Å². The molecule has 1 aromatic rings. The van der Waals surface area contributed by atoms with Crippen molar-refractivity contribution in [1.29, 1.82) is 0 Å². The molecule has 0 aliphatic carbocycles. The van der Waals surface area contributed by atoms with Crippen LogP contribution >= 0.6 is 0 Å². The molecular formula is C13H19F3N4. The van der Waals surface area contributed by atoms with Crippen molar-refractivity contribution >= 4 is 5.95 Å². The molecule has 1 fully saturated rings. The highest BCUT2D eigenvalue weighted by Crippen LogP contribution is 2.31. The van der Waals surface area contributed by atoms with Gasteiger partial charge in [-0.15, -0.1) is 0 Å². The Bertz CT molecular complexity index is 441. The predicted molar refractivity (Wildman–Crippen MR) is 70.6 cm³/mol. The number of alkyl halides is 3. The van der Waals surface area contributed by atoms with Gasteiger partial charge in [0.05, 0.1) is 5.69 Å². The van der Waals surface area contributed by atoms with Crippen LogP contribution in [0.1, 0.15) is 38.6 Å². The highest BCUT2D eigenvalue weighted by atomic mass is 19.4. The first-order chi connectivity index (χ1) is 9.16. The second-order valence-corrected chi connectivity index (χ2v) is 6.04. The van der Waals surface area contributed by atoms with Gasteiger partial charge >= 0.3 is 6.18 Å². The highest BCUT2D eigenvalue weighted by molar-refractivity contribution is 5.33. The minimum Gasteiger partial charge on any atom is -0.350 e. The van der Waals surface area contributed by atoms with Crippen molar-refractivity contribution < 1.29 is 13.2 Å².